The molecule has 5 nitrogen and oxygen atoms in total. The second-order valence-electron chi connectivity index (χ2n) is 6.39. The molecule has 140 valence electrons. The van der Waals surface area contributed by atoms with Gasteiger partial charge in [0.2, 0.25) is 10.0 Å². The predicted octanol–water partition coefficient (Wildman–Crippen LogP) is 2.76. The van der Waals surface area contributed by atoms with Crippen LogP contribution in [0.15, 0.2) is 59.5 Å². The number of hydrogen-bond acceptors (Lipinski definition) is 4. The maximum Gasteiger partial charge on any atom is 0.241 e. The highest BCUT2D eigenvalue weighted by atomic mass is 35.5. The Hall–Kier alpha value is -1.73. The molecule has 1 aliphatic heterocycles. The summed E-state index contributed by atoms with van der Waals surface area (Å²) in [5.41, 5.74) is 0.670. The van der Waals surface area contributed by atoms with E-state index in [2.05, 4.69) is 10.0 Å². The van der Waals surface area contributed by atoms with Crippen molar-refractivity contribution in [3.05, 3.63) is 65.7 Å². The zero-order valence-electron chi connectivity index (χ0n) is 14.5. The lowest BCUT2D eigenvalue weighted by Crippen LogP contribution is -2.46. The minimum absolute atomic E-state index is 0. The van der Waals surface area contributed by atoms with Crippen molar-refractivity contribution in [3.63, 3.8) is 0 Å². The van der Waals surface area contributed by atoms with E-state index in [1.165, 1.54) is 6.07 Å². The molecule has 0 aliphatic carbocycles. The lowest BCUT2D eigenvalue weighted by atomic mass is 10.0. The summed E-state index contributed by atoms with van der Waals surface area (Å²) in [6, 6.07) is 15.2. The minimum Gasteiger partial charge on any atom is -0.314 e. The van der Waals surface area contributed by atoms with Crippen molar-refractivity contribution in [2.75, 3.05) is 6.54 Å². The number of piperidine rings is 1. The SMILES string of the molecule is CC1CC(NS(=O)(=O)c2ccccc2C(=O)c2ccccc2)CCN1.Cl. The van der Waals surface area contributed by atoms with Gasteiger partial charge in [-0.2, -0.15) is 0 Å². The van der Waals surface area contributed by atoms with Crippen LogP contribution in [0.25, 0.3) is 0 Å². The van der Waals surface area contributed by atoms with E-state index in [-0.39, 0.29) is 40.7 Å². The summed E-state index contributed by atoms with van der Waals surface area (Å²) in [4.78, 5) is 12.8. The molecule has 7 heteroatoms. The molecule has 0 amide bonds. The van der Waals surface area contributed by atoms with Crippen molar-refractivity contribution < 1.29 is 13.2 Å². The number of benzene rings is 2. The third-order valence-corrected chi connectivity index (χ3v) is 5.98. The number of ketones is 1. The fourth-order valence-corrected chi connectivity index (χ4v) is 4.64. The van der Waals surface area contributed by atoms with E-state index in [4.69, 9.17) is 0 Å². The Morgan fingerprint density at radius 3 is 2.42 bits per heavy atom. The van der Waals surface area contributed by atoms with E-state index in [0.717, 1.165) is 19.4 Å². The molecule has 2 N–H and O–H groups in total. The summed E-state index contributed by atoms with van der Waals surface area (Å²) in [5.74, 6) is -0.291. The number of carbonyl (C=O) groups is 1. The average molecular weight is 395 g/mol. The summed E-state index contributed by atoms with van der Waals surface area (Å²) in [5, 5.41) is 3.30. The summed E-state index contributed by atoms with van der Waals surface area (Å²) >= 11 is 0. The molecule has 1 heterocycles. The van der Waals surface area contributed by atoms with E-state index < -0.39 is 10.0 Å². The van der Waals surface area contributed by atoms with Gasteiger partial charge in [-0.1, -0.05) is 42.5 Å². The quantitative estimate of drug-likeness (QED) is 0.764. The normalized spacial score (nSPS) is 20.2. The van der Waals surface area contributed by atoms with E-state index in [1.54, 1.807) is 42.5 Å². The van der Waals surface area contributed by atoms with Crippen LogP contribution in [0.4, 0.5) is 0 Å². The van der Waals surface area contributed by atoms with Crippen molar-refractivity contribution in [3.8, 4) is 0 Å². The smallest absolute Gasteiger partial charge is 0.241 e. The summed E-state index contributed by atoms with van der Waals surface area (Å²) in [7, 11) is -3.77. The number of hydrogen-bond donors (Lipinski definition) is 2. The van der Waals surface area contributed by atoms with Gasteiger partial charge in [0.05, 0.1) is 4.90 Å². The fourth-order valence-electron chi connectivity index (χ4n) is 3.16. The summed E-state index contributed by atoms with van der Waals surface area (Å²) < 4.78 is 28.5. The van der Waals surface area contributed by atoms with Gasteiger partial charge in [-0.25, -0.2) is 13.1 Å². The molecule has 1 aliphatic rings. The molecular formula is C19H23ClN2O3S. The Bertz CT molecular complexity index is 856. The third-order valence-electron chi connectivity index (χ3n) is 4.40. The molecule has 0 saturated carbocycles. The van der Waals surface area contributed by atoms with Crippen molar-refractivity contribution >= 4 is 28.2 Å². The first-order valence-electron chi connectivity index (χ1n) is 8.42. The first-order chi connectivity index (χ1) is 12.0. The van der Waals surface area contributed by atoms with Crippen LogP contribution in [0.3, 0.4) is 0 Å². The van der Waals surface area contributed by atoms with Crippen LogP contribution in [0.1, 0.15) is 35.7 Å². The zero-order chi connectivity index (χ0) is 17.9. The molecule has 2 aromatic rings. The predicted molar refractivity (Wildman–Crippen MR) is 104 cm³/mol. The summed E-state index contributed by atoms with van der Waals surface area (Å²) in [6.45, 7) is 2.81. The van der Waals surface area contributed by atoms with E-state index >= 15 is 0 Å². The van der Waals surface area contributed by atoms with Gasteiger partial charge in [-0.05, 0) is 38.4 Å². The number of nitrogens with one attached hydrogen (secondary N) is 2. The lowest BCUT2D eigenvalue weighted by Gasteiger charge is -2.28. The van der Waals surface area contributed by atoms with Crippen molar-refractivity contribution in [1.82, 2.24) is 10.0 Å². The number of sulfonamides is 1. The molecular weight excluding hydrogens is 372 g/mol. The van der Waals surface area contributed by atoms with Crippen LogP contribution in [0, 0.1) is 0 Å². The Balaban J connectivity index is 0.00000243. The topological polar surface area (TPSA) is 75.3 Å². The van der Waals surface area contributed by atoms with E-state index in [0.29, 0.717) is 5.56 Å². The first kappa shape index (κ1) is 20.6. The van der Waals surface area contributed by atoms with Crippen LogP contribution >= 0.6 is 12.4 Å². The third kappa shape index (κ3) is 4.71. The second-order valence-corrected chi connectivity index (χ2v) is 8.07. The van der Waals surface area contributed by atoms with Gasteiger partial charge in [0.1, 0.15) is 0 Å². The Kier molecular flexibility index (Phi) is 6.94. The van der Waals surface area contributed by atoms with Crippen LogP contribution in [0.5, 0.6) is 0 Å². The van der Waals surface area contributed by atoms with Gasteiger partial charge >= 0.3 is 0 Å². The highest BCUT2D eigenvalue weighted by Gasteiger charge is 2.27. The second kappa shape index (κ2) is 8.77. The van der Waals surface area contributed by atoms with E-state index in [9.17, 15) is 13.2 Å². The monoisotopic (exact) mass is 394 g/mol. The molecule has 3 rings (SSSR count). The molecule has 0 aromatic heterocycles. The molecule has 2 aromatic carbocycles. The van der Waals surface area contributed by atoms with Gasteiger partial charge in [0.15, 0.2) is 5.78 Å². The first-order valence-corrected chi connectivity index (χ1v) is 9.90. The van der Waals surface area contributed by atoms with Crippen molar-refractivity contribution in [2.45, 2.75) is 36.7 Å². The number of rotatable bonds is 5. The molecule has 26 heavy (non-hydrogen) atoms. The Labute approximate surface area is 160 Å². The van der Waals surface area contributed by atoms with Gasteiger partial charge < -0.3 is 5.32 Å². The maximum absolute atomic E-state index is 12.9. The van der Waals surface area contributed by atoms with Gasteiger partial charge in [-0.15, -0.1) is 12.4 Å². The van der Waals surface area contributed by atoms with Gasteiger partial charge in [-0.3, -0.25) is 4.79 Å². The number of halogens is 1. The Morgan fingerprint density at radius 1 is 1.08 bits per heavy atom. The molecule has 2 atom stereocenters. The molecule has 1 saturated heterocycles. The fraction of sp³-hybridized carbons (Fsp3) is 0.316. The van der Waals surface area contributed by atoms with Crippen LogP contribution in [0.2, 0.25) is 0 Å². The minimum atomic E-state index is -3.77. The van der Waals surface area contributed by atoms with Gasteiger partial charge in [0, 0.05) is 23.2 Å². The molecule has 1 fully saturated rings. The van der Waals surface area contributed by atoms with E-state index in [1.807, 2.05) is 13.0 Å². The van der Waals surface area contributed by atoms with Gasteiger partial charge in [0.25, 0.3) is 0 Å². The largest absolute Gasteiger partial charge is 0.314 e. The molecule has 2 unspecified atom stereocenters. The lowest BCUT2D eigenvalue weighted by molar-refractivity contribution is 0.103. The van der Waals surface area contributed by atoms with Crippen LogP contribution in [-0.4, -0.2) is 32.8 Å². The highest BCUT2D eigenvalue weighted by molar-refractivity contribution is 7.89. The molecule has 0 radical (unpaired) electrons. The molecule has 0 bridgehead atoms. The zero-order valence-corrected chi connectivity index (χ0v) is 16.1. The number of carbonyl (C=O) groups excluding carboxylic acids is 1. The Morgan fingerprint density at radius 2 is 1.73 bits per heavy atom. The standard InChI is InChI=1S/C19H22N2O3S.ClH/c1-14-13-16(11-12-20-14)21-25(23,24)18-10-6-5-9-17(18)19(22)15-7-3-2-4-8-15;/h2-10,14,16,20-21H,11-13H2,1H3;1H. The maximum atomic E-state index is 12.9. The van der Waals surface area contributed by atoms with Crippen molar-refractivity contribution in [1.29, 1.82) is 0 Å². The van der Waals surface area contributed by atoms with Crippen LogP contribution in [-0.2, 0) is 10.0 Å². The molecule has 0 spiro atoms. The van der Waals surface area contributed by atoms with Crippen LogP contribution < -0.4 is 10.0 Å². The van der Waals surface area contributed by atoms with Crippen molar-refractivity contribution in [2.24, 2.45) is 0 Å². The summed E-state index contributed by atoms with van der Waals surface area (Å²) in [6.07, 6.45) is 1.46. The average Bonchev–Trinajstić information content (AvgIpc) is 2.61. The highest BCUT2D eigenvalue weighted by Crippen LogP contribution is 2.21.